The van der Waals surface area contributed by atoms with Gasteiger partial charge in [0.05, 0.1) is 12.4 Å². The van der Waals surface area contributed by atoms with E-state index in [0.717, 1.165) is 17.8 Å². The molecule has 0 aliphatic carbocycles. The summed E-state index contributed by atoms with van der Waals surface area (Å²) in [7, 11) is 1.66. The number of nitrogens with one attached hydrogen (secondary N) is 2. The molecule has 0 radical (unpaired) electrons. The number of aliphatic imine (C=N–C) groups is 1. The molecule has 7 nitrogen and oxygen atoms in total. The quantitative estimate of drug-likeness (QED) is 0.758. The zero-order chi connectivity index (χ0) is 19.4. The van der Waals surface area contributed by atoms with E-state index in [0.29, 0.717) is 24.5 Å². The number of rotatable bonds is 6. The standard InChI is InChI=1S/C19H24FN5O2/c1-12-5-6-14(9-15(12)20)19-24-18(21-7-4-8-27-3)13(2)25(19)16-10-17(26)23-11-22-16/h5-6,9-11,13,19H,4,7-8H2,1-3H3,(H,21,24)(H,22,23,26). The monoisotopic (exact) mass is 373 g/mol. The van der Waals surface area contributed by atoms with E-state index in [4.69, 9.17) is 4.74 Å². The van der Waals surface area contributed by atoms with Gasteiger partial charge in [-0.3, -0.25) is 9.79 Å². The number of aromatic nitrogens is 2. The minimum absolute atomic E-state index is 0.142. The van der Waals surface area contributed by atoms with E-state index in [1.54, 1.807) is 20.1 Å². The van der Waals surface area contributed by atoms with E-state index in [1.807, 2.05) is 17.9 Å². The van der Waals surface area contributed by atoms with Crippen LogP contribution < -0.4 is 15.8 Å². The van der Waals surface area contributed by atoms with E-state index in [-0.39, 0.29) is 23.6 Å². The zero-order valence-electron chi connectivity index (χ0n) is 15.7. The van der Waals surface area contributed by atoms with Gasteiger partial charge in [0.1, 0.15) is 23.6 Å². The van der Waals surface area contributed by atoms with Gasteiger partial charge in [-0.25, -0.2) is 9.37 Å². The Bertz CT molecular complexity index is 882. The summed E-state index contributed by atoms with van der Waals surface area (Å²) in [6.45, 7) is 4.96. The number of benzene rings is 1. The fourth-order valence-electron chi connectivity index (χ4n) is 3.12. The predicted molar refractivity (Wildman–Crippen MR) is 103 cm³/mol. The first kappa shape index (κ1) is 19.0. The molecule has 1 saturated heterocycles. The number of halogens is 1. The molecule has 1 fully saturated rings. The molecule has 2 N–H and O–H groups in total. The van der Waals surface area contributed by atoms with Crippen LogP contribution in [0.3, 0.4) is 0 Å². The number of aryl methyl sites for hydroxylation is 1. The summed E-state index contributed by atoms with van der Waals surface area (Å²) >= 11 is 0. The lowest BCUT2D eigenvalue weighted by molar-refractivity contribution is 0.197. The number of ether oxygens (including phenoxy) is 1. The third-order valence-electron chi connectivity index (χ3n) is 4.60. The molecule has 3 rings (SSSR count). The first-order chi connectivity index (χ1) is 13.0. The van der Waals surface area contributed by atoms with Crippen molar-refractivity contribution in [3.8, 4) is 0 Å². The maximum absolute atomic E-state index is 14.1. The summed E-state index contributed by atoms with van der Waals surface area (Å²) in [5.41, 5.74) is 1.08. The largest absolute Gasteiger partial charge is 0.385 e. The van der Waals surface area contributed by atoms with E-state index in [9.17, 15) is 9.18 Å². The molecule has 0 bridgehead atoms. The second-order valence-electron chi connectivity index (χ2n) is 6.52. The van der Waals surface area contributed by atoms with Crippen molar-refractivity contribution in [3.63, 3.8) is 0 Å². The SMILES string of the molecule is COCCCN=C1NC(c2ccc(C)c(F)c2)N(c2cc(=O)[nH]cn2)C1C. The van der Waals surface area contributed by atoms with Crippen molar-refractivity contribution in [2.75, 3.05) is 25.2 Å². The molecule has 0 amide bonds. The molecule has 1 aliphatic rings. The van der Waals surface area contributed by atoms with Crippen LogP contribution in [-0.4, -0.2) is 42.1 Å². The molecule has 1 aromatic carbocycles. The van der Waals surface area contributed by atoms with Crippen LogP contribution in [0.5, 0.6) is 0 Å². The second-order valence-corrected chi connectivity index (χ2v) is 6.52. The van der Waals surface area contributed by atoms with Gasteiger partial charge in [-0.1, -0.05) is 12.1 Å². The highest BCUT2D eigenvalue weighted by Gasteiger charge is 2.37. The number of nitrogens with zero attached hydrogens (tertiary/aromatic N) is 3. The number of aromatic amines is 1. The molecule has 0 saturated carbocycles. The van der Waals surface area contributed by atoms with Crippen LogP contribution in [0.2, 0.25) is 0 Å². The van der Waals surface area contributed by atoms with E-state index in [1.165, 1.54) is 18.5 Å². The molecule has 1 aromatic heterocycles. The molecule has 2 aromatic rings. The van der Waals surface area contributed by atoms with Crippen LogP contribution in [0.4, 0.5) is 10.2 Å². The van der Waals surface area contributed by atoms with Crippen molar-refractivity contribution in [3.05, 3.63) is 57.9 Å². The number of methoxy groups -OCH3 is 1. The van der Waals surface area contributed by atoms with Crippen molar-refractivity contribution >= 4 is 11.7 Å². The van der Waals surface area contributed by atoms with Crippen LogP contribution in [0, 0.1) is 12.7 Å². The first-order valence-electron chi connectivity index (χ1n) is 8.90. The Kier molecular flexibility index (Phi) is 5.85. The van der Waals surface area contributed by atoms with Crippen LogP contribution in [0.1, 0.15) is 30.6 Å². The molecule has 0 spiro atoms. The Labute approximate surface area is 157 Å². The summed E-state index contributed by atoms with van der Waals surface area (Å²) in [4.78, 5) is 25.2. The summed E-state index contributed by atoms with van der Waals surface area (Å²) in [5.74, 6) is 1.01. The number of hydrogen-bond donors (Lipinski definition) is 2. The smallest absolute Gasteiger partial charge is 0.252 e. The average Bonchev–Trinajstić information content (AvgIpc) is 2.97. The maximum Gasteiger partial charge on any atom is 0.252 e. The fraction of sp³-hybridized carbons (Fsp3) is 0.421. The fourth-order valence-corrected chi connectivity index (χ4v) is 3.12. The molecular weight excluding hydrogens is 349 g/mol. The van der Waals surface area contributed by atoms with Gasteiger partial charge in [0.2, 0.25) is 0 Å². The molecule has 2 unspecified atom stereocenters. The van der Waals surface area contributed by atoms with Crippen LogP contribution in [-0.2, 0) is 4.74 Å². The Morgan fingerprint density at radius 2 is 2.19 bits per heavy atom. The van der Waals surface area contributed by atoms with Gasteiger partial charge in [-0.2, -0.15) is 0 Å². The molecule has 1 aliphatic heterocycles. The predicted octanol–water partition coefficient (Wildman–Crippen LogP) is 2.15. The van der Waals surface area contributed by atoms with Crippen molar-refractivity contribution in [2.45, 2.75) is 32.5 Å². The Hall–Kier alpha value is -2.74. The van der Waals surface area contributed by atoms with Gasteiger partial charge >= 0.3 is 0 Å². The molecule has 8 heteroatoms. The van der Waals surface area contributed by atoms with E-state index in [2.05, 4.69) is 20.3 Å². The highest BCUT2D eigenvalue weighted by Crippen LogP contribution is 2.31. The highest BCUT2D eigenvalue weighted by atomic mass is 19.1. The third-order valence-corrected chi connectivity index (χ3v) is 4.60. The van der Waals surface area contributed by atoms with Gasteiger partial charge < -0.3 is 19.9 Å². The maximum atomic E-state index is 14.1. The van der Waals surface area contributed by atoms with Crippen molar-refractivity contribution in [2.24, 2.45) is 4.99 Å². The zero-order valence-corrected chi connectivity index (χ0v) is 15.7. The normalized spacial score (nSPS) is 20.9. The van der Waals surface area contributed by atoms with E-state index < -0.39 is 0 Å². The topological polar surface area (TPSA) is 82.6 Å². The molecule has 27 heavy (non-hydrogen) atoms. The van der Waals surface area contributed by atoms with Crippen LogP contribution >= 0.6 is 0 Å². The number of H-pyrrole nitrogens is 1. The second kappa shape index (κ2) is 8.30. The van der Waals surface area contributed by atoms with Gasteiger partial charge in [-0.05, 0) is 37.5 Å². The van der Waals surface area contributed by atoms with Gasteiger partial charge in [0, 0.05) is 26.3 Å². The number of amidine groups is 1. The van der Waals surface area contributed by atoms with Gasteiger partial charge in [0.25, 0.3) is 5.56 Å². The summed E-state index contributed by atoms with van der Waals surface area (Å²) in [6.07, 6.45) is 1.80. The molecule has 144 valence electrons. The summed E-state index contributed by atoms with van der Waals surface area (Å²) in [6, 6.07) is 6.42. The molecular formula is C19H24FN5O2. The Morgan fingerprint density at radius 1 is 1.37 bits per heavy atom. The van der Waals surface area contributed by atoms with Crippen LogP contribution in [0.25, 0.3) is 0 Å². The number of hydrogen-bond acceptors (Lipinski definition) is 5. The van der Waals surface area contributed by atoms with Crippen molar-refractivity contribution < 1.29 is 9.13 Å². The number of anilines is 1. The van der Waals surface area contributed by atoms with Gasteiger partial charge in [-0.15, -0.1) is 0 Å². The summed E-state index contributed by atoms with van der Waals surface area (Å²) in [5, 5.41) is 3.36. The third kappa shape index (κ3) is 4.16. The van der Waals surface area contributed by atoms with Crippen molar-refractivity contribution in [1.82, 2.24) is 15.3 Å². The first-order valence-corrected chi connectivity index (χ1v) is 8.90. The Morgan fingerprint density at radius 3 is 2.89 bits per heavy atom. The Balaban J connectivity index is 1.96. The lowest BCUT2D eigenvalue weighted by Crippen LogP contribution is -2.34. The minimum atomic E-state index is -0.370. The lowest BCUT2D eigenvalue weighted by Gasteiger charge is -2.27. The molecule has 2 heterocycles. The molecule has 2 atom stereocenters. The van der Waals surface area contributed by atoms with Crippen LogP contribution in [0.15, 0.2) is 40.4 Å². The average molecular weight is 373 g/mol. The highest BCUT2D eigenvalue weighted by molar-refractivity contribution is 5.93. The summed E-state index contributed by atoms with van der Waals surface area (Å²) < 4.78 is 19.2. The minimum Gasteiger partial charge on any atom is -0.385 e. The lowest BCUT2D eigenvalue weighted by atomic mass is 10.1. The van der Waals surface area contributed by atoms with E-state index >= 15 is 0 Å². The van der Waals surface area contributed by atoms with Gasteiger partial charge in [0.15, 0.2) is 0 Å². The van der Waals surface area contributed by atoms with Crippen molar-refractivity contribution in [1.29, 1.82) is 0 Å².